The van der Waals surface area contributed by atoms with E-state index in [1.165, 1.54) is 16.7 Å². The topological polar surface area (TPSA) is 25.8 Å². The molecular formula is C19H17Br3N2. The van der Waals surface area contributed by atoms with Gasteiger partial charge in [0.1, 0.15) is 9.21 Å². The molecular weight excluding hydrogens is 496 g/mol. The Kier molecular flexibility index (Phi) is 8.64. The lowest BCUT2D eigenvalue weighted by Crippen LogP contribution is -1.91. The Hall–Kier alpha value is -1.04. The third-order valence-electron chi connectivity index (χ3n) is 3.28. The van der Waals surface area contributed by atoms with Crippen molar-refractivity contribution < 1.29 is 0 Å². The lowest BCUT2D eigenvalue weighted by molar-refractivity contribution is 0.948. The third-order valence-corrected chi connectivity index (χ3v) is 4.86. The highest BCUT2D eigenvalue weighted by Gasteiger charge is 1.95. The van der Waals surface area contributed by atoms with Gasteiger partial charge >= 0.3 is 0 Å². The number of hydrogen-bond donors (Lipinski definition) is 0. The molecule has 24 heavy (non-hydrogen) atoms. The van der Waals surface area contributed by atoms with E-state index in [9.17, 15) is 0 Å². The van der Waals surface area contributed by atoms with Crippen molar-refractivity contribution in [1.29, 1.82) is 0 Å². The zero-order valence-electron chi connectivity index (χ0n) is 13.0. The number of halogens is 3. The van der Waals surface area contributed by atoms with E-state index in [0.29, 0.717) is 0 Å². The maximum absolute atomic E-state index is 4.21. The smallest absolute Gasteiger partial charge is 0.106 e. The van der Waals surface area contributed by atoms with Crippen molar-refractivity contribution in [1.82, 2.24) is 9.97 Å². The minimum Gasteiger partial charge on any atom is -0.249 e. The summed E-state index contributed by atoms with van der Waals surface area (Å²) < 4.78 is 1.78. The predicted octanol–water partition coefficient (Wildman–Crippen LogP) is 6.37. The average Bonchev–Trinajstić information content (AvgIpc) is 2.63. The zero-order chi connectivity index (χ0) is 17.2. The molecule has 2 aromatic heterocycles. The van der Waals surface area contributed by atoms with Gasteiger partial charge < -0.3 is 0 Å². The summed E-state index contributed by atoms with van der Waals surface area (Å²) in [6.45, 7) is 0. The Labute approximate surface area is 168 Å². The standard InChI is InChI=1S/C13H12BrN.C6H5Br2N/c14-13-9-8-12(10-15-13)7-6-11-4-2-1-3-5-11;7-3-5-1-2-6(8)9-4-5/h1-5,8-10H,6-7H2;1-2,4H,3H2. The second kappa shape index (κ2) is 10.7. The maximum atomic E-state index is 4.21. The van der Waals surface area contributed by atoms with Crippen molar-refractivity contribution in [3.63, 3.8) is 0 Å². The van der Waals surface area contributed by atoms with Crippen LogP contribution >= 0.6 is 47.8 Å². The number of aryl methyl sites for hydroxylation is 2. The van der Waals surface area contributed by atoms with E-state index < -0.39 is 0 Å². The van der Waals surface area contributed by atoms with Gasteiger partial charge in [0.15, 0.2) is 0 Å². The maximum Gasteiger partial charge on any atom is 0.106 e. The Bertz CT molecular complexity index is 714. The summed E-state index contributed by atoms with van der Waals surface area (Å²) in [5, 5.41) is 0.868. The Morgan fingerprint density at radius 1 is 0.625 bits per heavy atom. The van der Waals surface area contributed by atoms with Crippen LogP contribution in [0.2, 0.25) is 0 Å². The van der Waals surface area contributed by atoms with Gasteiger partial charge in [0.05, 0.1) is 0 Å². The minimum absolute atomic E-state index is 0.868. The number of benzene rings is 1. The van der Waals surface area contributed by atoms with Crippen LogP contribution in [0.3, 0.4) is 0 Å². The zero-order valence-corrected chi connectivity index (χ0v) is 17.8. The molecule has 5 heteroatoms. The summed E-state index contributed by atoms with van der Waals surface area (Å²) in [6, 6.07) is 18.6. The summed E-state index contributed by atoms with van der Waals surface area (Å²) in [5.74, 6) is 0. The first-order valence-electron chi connectivity index (χ1n) is 7.48. The van der Waals surface area contributed by atoms with Crippen LogP contribution in [0.4, 0.5) is 0 Å². The molecule has 0 amide bonds. The number of aromatic nitrogens is 2. The molecule has 0 unspecified atom stereocenters. The summed E-state index contributed by atoms with van der Waals surface area (Å²) in [5.41, 5.74) is 3.85. The van der Waals surface area contributed by atoms with Gasteiger partial charge in [-0.3, -0.25) is 0 Å². The van der Waals surface area contributed by atoms with Gasteiger partial charge in [0, 0.05) is 17.7 Å². The Morgan fingerprint density at radius 2 is 1.17 bits per heavy atom. The van der Waals surface area contributed by atoms with Crippen LogP contribution in [-0.2, 0) is 18.2 Å². The molecule has 0 N–H and O–H groups in total. The molecule has 0 bridgehead atoms. The van der Waals surface area contributed by atoms with E-state index >= 15 is 0 Å². The first-order valence-corrected chi connectivity index (χ1v) is 10.2. The van der Waals surface area contributed by atoms with Crippen LogP contribution in [0.15, 0.2) is 76.2 Å². The first kappa shape index (κ1) is 19.3. The molecule has 0 atom stereocenters. The van der Waals surface area contributed by atoms with Crippen LogP contribution in [0.5, 0.6) is 0 Å². The molecule has 3 aromatic rings. The number of nitrogens with zero attached hydrogens (tertiary/aromatic N) is 2. The molecule has 0 aliphatic carbocycles. The van der Waals surface area contributed by atoms with Crippen LogP contribution in [0, 0.1) is 0 Å². The van der Waals surface area contributed by atoms with Crippen LogP contribution in [0.1, 0.15) is 16.7 Å². The van der Waals surface area contributed by atoms with Crippen LogP contribution < -0.4 is 0 Å². The van der Waals surface area contributed by atoms with E-state index in [2.05, 4.69) is 88.1 Å². The van der Waals surface area contributed by atoms with E-state index in [4.69, 9.17) is 0 Å². The highest BCUT2D eigenvalue weighted by molar-refractivity contribution is 9.10. The lowest BCUT2D eigenvalue weighted by Gasteiger charge is -2.01. The second-order valence-corrected chi connectivity index (χ2v) is 7.28. The minimum atomic E-state index is 0.868. The molecule has 0 saturated heterocycles. The molecule has 0 fully saturated rings. The molecule has 2 nitrogen and oxygen atoms in total. The highest BCUT2D eigenvalue weighted by atomic mass is 79.9. The summed E-state index contributed by atoms with van der Waals surface area (Å²) in [4.78, 5) is 8.24. The molecule has 0 aliphatic heterocycles. The third kappa shape index (κ3) is 7.24. The van der Waals surface area contributed by atoms with E-state index in [1.54, 1.807) is 0 Å². The van der Waals surface area contributed by atoms with Crippen molar-refractivity contribution in [3.8, 4) is 0 Å². The van der Waals surface area contributed by atoms with Crippen molar-refractivity contribution >= 4 is 47.8 Å². The largest absolute Gasteiger partial charge is 0.249 e. The van der Waals surface area contributed by atoms with Crippen molar-refractivity contribution in [3.05, 3.63) is 92.9 Å². The van der Waals surface area contributed by atoms with Gasteiger partial charge in [0.2, 0.25) is 0 Å². The predicted molar refractivity (Wildman–Crippen MR) is 110 cm³/mol. The molecule has 3 rings (SSSR count). The highest BCUT2D eigenvalue weighted by Crippen LogP contribution is 2.10. The summed E-state index contributed by atoms with van der Waals surface area (Å²) in [6.07, 6.45) is 5.88. The quantitative estimate of drug-likeness (QED) is 0.300. The SMILES string of the molecule is BrCc1ccc(Br)nc1.Brc1ccc(CCc2ccccc2)cn1. The molecule has 0 aliphatic rings. The second-order valence-electron chi connectivity index (χ2n) is 5.10. The van der Waals surface area contributed by atoms with E-state index in [0.717, 1.165) is 27.4 Å². The fourth-order valence-electron chi connectivity index (χ4n) is 1.97. The fraction of sp³-hybridized carbons (Fsp3) is 0.158. The fourth-order valence-corrected chi connectivity index (χ4v) is 2.77. The Morgan fingerprint density at radius 3 is 1.67 bits per heavy atom. The average molecular weight is 513 g/mol. The normalized spacial score (nSPS) is 9.96. The number of rotatable bonds is 4. The number of alkyl halides is 1. The molecule has 1 aromatic carbocycles. The molecule has 0 radical (unpaired) electrons. The Balaban J connectivity index is 0.000000198. The van der Waals surface area contributed by atoms with Gasteiger partial charge in [-0.25, -0.2) is 9.97 Å². The first-order chi connectivity index (χ1) is 11.7. The molecule has 0 spiro atoms. The van der Waals surface area contributed by atoms with Gasteiger partial charge in [-0.2, -0.15) is 0 Å². The van der Waals surface area contributed by atoms with Gasteiger partial charge in [-0.15, -0.1) is 0 Å². The van der Waals surface area contributed by atoms with Gasteiger partial charge in [-0.05, 0) is 73.5 Å². The summed E-state index contributed by atoms with van der Waals surface area (Å²) >= 11 is 9.91. The lowest BCUT2D eigenvalue weighted by atomic mass is 10.1. The van der Waals surface area contributed by atoms with Crippen LogP contribution in [0.25, 0.3) is 0 Å². The molecule has 0 saturated carbocycles. The van der Waals surface area contributed by atoms with Crippen molar-refractivity contribution in [2.75, 3.05) is 0 Å². The van der Waals surface area contributed by atoms with E-state index in [1.807, 2.05) is 36.7 Å². The number of pyridine rings is 2. The van der Waals surface area contributed by atoms with Crippen molar-refractivity contribution in [2.24, 2.45) is 0 Å². The monoisotopic (exact) mass is 510 g/mol. The van der Waals surface area contributed by atoms with Crippen LogP contribution in [-0.4, -0.2) is 9.97 Å². The number of hydrogen-bond acceptors (Lipinski definition) is 2. The van der Waals surface area contributed by atoms with Crippen molar-refractivity contribution in [2.45, 2.75) is 18.2 Å². The molecule has 2 heterocycles. The molecule has 124 valence electrons. The van der Waals surface area contributed by atoms with Gasteiger partial charge in [0.25, 0.3) is 0 Å². The van der Waals surface area contributed by atoms with E-state index in [-0.39, 0.29) is 0 Å². The van der Waals surface area contributed by atoms with Gasteiger partial charge in [-0.1, -0.05) is 58.4 Å². The summed E-state index contributed by atoms with van der Waals surface area (Å²) in [7, 11) is 0.